The second-order valence-electron chi connectivity index (χ2n) is 9.96. The van der Waals surface area contributed by atoms with Crippen LogP contribution in [-0.4, -0.2) is 74.0 Å². The first kappa shape index (κ1) is 27.9. The van der Waals surface area contributed by atoms with Crippen molar-refractivity contribution >= 4 is 17.7 Å². The number of likely N-dealkylation sites (tertiary alicyclic amines) is 2. The van der Waals surface area contributed by atoms with E-state index in [2.05, 4.69) is 4.90 Å². The third-order valence-electron chi connectivity index (χ3n) is 7.25. The summed E-state index contributed by atoms with van der Waals surface area (Å²) in [4.78, 5) is 16.6. The summed E-state index contributed by atoms with van der Waals surface area (Å²) in [6.45, 7) is 6.07. The number of rotatable bonds is 11. The van der Waals surface area contributed by atoms with Gasteiger partial charge >= 0.3 is 6.09 Å². The lowest BCUT2D eigenvalue weighted by atomic mass is 10.0. The van der Waals surface area contributed by atoms with Gasteiger partial charge in [-0.15, -0.1) is 0 Å². The molecule has 2 aromatic rings. The molecule has 4 rings (SSSR count). The topological polar surface area (TPSA) is 77.3 Å². The summed E-state index contributed by atoms with van der Waals surface area (Å²) >= 11 is 5.94. The summed E-state index contributed by atoms with van der Waals surface area (Å²) in [6, 6.07) is 17.5. The summed E-state index contributed by atoms with van der Waals surface area (Å²) in [5, 5.41) is 0.725. The maximum absolute atomic E-state index is 12.4. The molecule has 0 bridgehead atoms. The highest BCUT2D eigenvalue weighted by Crippen LogP contribution is 2.22. The van der Waals surface area contributed by atoms with Gasteiger partial charge in [-0.3, -0.25) is 0 Å². The number of halogens is 1. The van der Waals surface area contributed by atoms with E-state index >= 15 is 0 Å². The molecule has 2 saturated heterocycles. The fraction of sp³-hybridized carbons (Fsp3) is 0.552. The number of benzene rings is 2. The van der Waals surface area contributed by atoms with Crippen molar-refractivity contribution in [3.8, 4) is 0 Å². The molecule has 7 nitrogen and oxygen atoms in total. The van der Waals surface area contributed by atoms with E-state index in [9.17, 15) is 4.79 Å². The van der Waals surface area contributed by atoms with Gasteiger partial charge in [0.1, 0.15) is 6.61 Å². The van der Waals surface area contributed by atoms with Crippen LogP contribution in [0, 0.1) is 0 Å². The lowest BCUT2D eigenvalue weighted by molar-refractivity contribution is -0.0654. The van der Waals surface area contributed by atoms with Crippen LogP contribution in [0.5, 0.6) is 0 Å². The van der Waals surface area contributed by atoms with E-state index < -0.39 is 0 Å². The molecule has 2 fully saturated rings. The number of carbonyl (C=O) groups is 1. The third kappa shape index (κ3) is 9.27. The van der Waals surface area contributed by atoms with Crippen LogP contribution in [0.3, 0.4) is 0 Å². The lowest BCUT2D eigenvalue weighted by Gasteiger charge is -2.36. The van der Waals surface area contributed by atoms with E-state index in [4.69, 9.17) is 31.5 Å². The number of amides is 1. The van der Waals surface area contributed by atoms with Gasteiger partial charge in [0.15, 0.2) is 0 Å². The Kier molecular flexibility index (Phi) is 11.1. The molecular weight excluding hydrogens is 490 g/mol. The van der Waals surface area contributed by atoms with Crippen LogP contribution >= 0.6 is 11.6 Å². The molecule has 2 heterocycles. The van der Waals surface area contributed by atoms with Crippen molar-refractivity contribution in [3.05, 3.63) is 70.7 Å². The number of hydrogen-bond acceptors (Lipinski definition) is 6. The summed E-state index contributed by atoms with van der Waals surface area (Å²) in [5.41, 5.74) is 8.34. The SMILES string of the molecule is N[C@@H](CCOCCN1CCC(OC2CCN(C(=O)OCc3ccccc3)CC2)CC1)c1ccc(Cl)cc1. The van der Waals surface area contributed by atoms with Gasteiger partial charge in [-0.2, -0.15) is 0 Å². The Morgan fingerprint density at radius 3 is 2.24 bits per heavy atom. The second kappa shape index (κ2) is 14.7. The van der Waals surface area contributed by atoms with E-state index in [1.807, 2.05) is 54.6 Å². The van der Waals surface area contributed by atoms with Crippen molar-refractivity contribution in [2.45, 2.75) is 57.0 Å². The molecule has 2 N–H and O–H groups in total. The van der Waals surface area contributed by atoms with Crippen LogP contribution in [-0.2, 0) is 20.8 Å². The van der Waals surface area contributed by atoms with Crippen LogP contribution in [0.25, 0.3) is 0 Å². The Morgan fingerprint density at radius 1 is 0.919 bits per heavy atom. The molecule has 0 unspecified atom stereocenters. The number of hydrogen-bond donors (Lipinski definition) is 1. The number of carbonyl (C=O) groups excluding carboxylic acids is 1. The molecular formula is C29H40ClN3O4. The molecule has 2 aliphatic heterocycles. The minimum atomic E-state index is -0.232. The molecule has 0 saturated carbocycles. The Hall–Kier alpha value is -2.16. The lowest BCUT2D eigenvalue weighted by Crippen LogP contribution is -2.44. The average molecular weight is 530 g/mol. The molecule has 202 valence electrons. The Balaban J connectivity index is 1.03. The molecule has 0 aromatic heterocycles. The summed E-state index contributed by atoms with van der Waals surface area (Å²) in [6.07, 6.45) is 4.91. The third-order valence-corrected chi connectivity index (χ3v) is 7.50. The Morgan fingerprint density at radius 2 is 1.57 bits per heavy atom. The maximum Gasteiger partial charge on any atom is 0.410 e. The Bertz CT molecular complexity index is 930. The highest BCUT2D eigenvalue weighted by Gasteiger charge is 2.28. The first-order chi connectivity index (χ1) is 18.1. The van der Waals surface area contributed by atoms with Gasteiger partial charge in [-0.05, 0) is 55.4 Å². The van der Waals surface area contributed by atoms with E-state index in [-0.39, 0.29) is 18.2 Å². The van der Waals surface area contributed by atoms with Gasteiger partial charge in [0.2, 0.25) is 0 Å². The van der Waals surface area contributed by atoms with Crippen LogP contribution in [0.1, 0.15) is 49.3 Å². The van der Waals surface area contributed by atoms with Gasteiger partial charge in [0.25, 0.3) is 0 Å². The zero-order valence-corrected chi connectivity index (χ0v) is 22.4. The van der Waals surface area contributed by atoms with Crippen molar-refractivity contribution < 1.29 is 19.0 Å². The number of nitrogens with two attached hydrogens (primary N) is 1. The predicted octanol–water partition coefficient (Wildman–Crippen LogP) is 5.03. The molecule has 0 radical (unpaired) electrons. The molecule has 0 spiro atoms. The van der Waals surface area contributed by atoms with Crippen molar-refractivity contribution in [2.75, 3.05) is 45.9 Å². The van der Waals surface area contributed by atoms with Crippen molar-refractivity contribution in [1.82, 2.24) is 9.80 Å². The fourth-order valence-corrected chi connectivity index (χ4v) is 5.03. The Labute approximate surface area is 225 Å². The van der Waals surface area contributed by atoms with Gasteiger partial charge in [0.05, 0.1) is 18.8 Å². The number of nitrogens with zero attached hydrogens (tertiary/aromatic N) is 2. The molecule has 1 amide bonds. The van der Waals surface area contributed by atoms with E-state index in [0.717, 1.165) is 74.5 Å². The first-order valence-corrected chi connectivity index (χ1v) is 13.9. The smallest absolute Gasteiger partial charge is 0.410 e. The predicted molar refractivity (Wildman–Crippen MR) is 146 cm³/mol. The van der Waals surface area contributed by atoms with Crippen molar-refractivity contribution in [2.24, 2.45) is 5.73 Å². The minimum Gasteiger partial charge on any atom is -0.445 e. The maximum atomic E-state index is 12.4. The largest absolute Gasteiger partial charge is 0.445 e. The molecule has 8 heteroatoms. The number of ether oxygens (including phenoxy) is 3. The zero-order chi connectivity index (χ0) is 25.9. The molecule has 1 atom stereocenters. The minimum absolute atomic E-state index is 0.0306. The fourth-order valence-electron chi connectivity index (χ4n) is 4.91. The zero-order valence-electron chi connectivity index (χ0n) is 21.6. The molecule has 2 aliphatic rings. The van der Waals surface area contributed by atoms with Crippen LogP contribution in [0.2, 0.25) is 5.02 Å². The van der Waals surface area contributed by atoms with E-state index in [1.165, 1.54) is 0 Å². The summed E-state index contributed by atoms with van der Waals surface area (Å²) in [5.74, 6) is 0. The van der Waals surface area contributed by atoms with Gasteiger partial charge in [-0.1, -0.05) is 54.1 Å². The van der Waals surface area contributed by atoms with Crippen LogP contribution in [0.4, 0.5) is 4.79 Å². The van der Waals surface area contributed by atoms with Gasteiger partial charge in [0, 0.05) is 50.4 Å². The standard InChI is InChI=1S/C29H40ClN3O4/c30-25-8-6-24(7-9-25)28(31)14-20-35-21-19-32-15-10-26(11-16-32)37-27-12-17-33(18-13-27)29(34)36-22-23-4-2-1-3-5-23/h1-9,26-28H,10-22,31H2/t28-/m0/s1. The molecule has 0 aliphatic carbocycles. The van der Waals surface area contributed by atoms with Gasteiger partial charge < -0.3 is 29.7 Å². The van der Waals surface area contributed by atoms with Crippen molar-refractivity contribution in [1.29, 1.82) is 0 Å². The highest BCUT2D eigenvalue weighted by molar-refractivity contribution is 6.30. The van der Waals surface area contributed by atoms with Gasteiger partial charge in [-0.25, -0.2) is 4.79 Å². The highest BCUT2D eigenvalue weighted by atomic mass is 35.5. The normalized spacial score (nSPS) is 18.6. The van der Waals surface area contributed by atoms with Crippen LogP contribution in [0.15, 0.2) is 54.6 Å². The van der Waals surface area contributed by atoms with E-state index in [0.29, 0.717) is 32.4 Å². The van der Waals surface area contributed by atoms with E-state index in [1.54, 1.807) is 4.90 Å². The second-order valence-corrected chi connectivity index (χ2v) is 10.4. The van der Waals surface area contributed by atoms with Crippen LogP contribution < -0.4 is 5.73 Å². The number of piperidine rings is 2. The van der Waals surface area contributed by atoms with Crippen molar-refractivity contribution in [3.63, 3.8) is 0 Å². The molecule has 37 heavy (non-hydrogen) atoms. The summed E-state index contributed by atoms with van der Waals surface area (Å²) in [7, 11) is 0. The monoisotopic (exact) mass is 529 g/mol. The quantitative estimate of drug-likeness (QED) is 0.411. The average Bonchev–Trinajstić information content (AvgIpc) is 2.93. The molecule has 2 aromatic carbocycles. The first-order valence-electron chi connectivity index (χ1n) is 13.5. The summed E-state index contributed by atoms with van der Waals surface area (Å²) < 4.78 is 17.7.